The van der Waals surface area contributed by atoms with E-state index >= 15 is 0 Å². The number of aliphatic carboxylic acids is 2. The highest BCUT2D eigenvalue weighted by atomic mass is 16.4. The van der Waals surface area contributed by atoms with Gasteiger partial charge in [0, 0.05) is 0 Å². The van der Waals surface area contributed by atoms with E-state index in [-0.39, 0.29) is 0 Å². The Labute approximate surface area is 90.4 Å². The quantitative estimate of drug-likeness (QED) is 0.293. The molecule has 0 fully saturated rings. The lowest BCUT2D eigenvalue weighted by atomic mass is 9.91. The number of rotatable bonds is 6. The Morgan fingerprint density at radius 3 is 1.94 bits per heavy atom. The molecule has 6 N–H and O–H groups in total. The minimum Gasteiger partial charge on any atom is -0.481 e. The van der Waals surface area contributed by atoms with Crippen LogP contribution in [0.1, 0.15) is 13.3 Å². The summed E-state index contributed by atoms with van der Waals surface area (Å²) in [6, 6.07) is 0. The van der Waals surface area contributed by atoms with E-state index in [1.165, 1.54) is 0 Å². The first-order valence-corrected chi connectivity index (χ1v) is 4.32. The van der Waals surface area contributed by atoms with Gasteiger partial charge >= 0.3 is 11.9 Å². The van der Waals surface area contributed by atoms with Crippen LogP contribution in [-0.4, -0.2) is 66.5 Å². The molecule has 0 saturated carbocycles. The van der Waals surface area contributed by atoms with Crippen LogP contribution >= 0.6 is 0 Å². The maximum absolute atomic E-state index is 10.5. The molecule has 0 aromatic heterocycles. The Morgan fingerprint density at radius 2 is 1.62 bits per heavy atom. The number of carboxylic acids is 2. The zero-order chi connectivity index (χ0) is 13.1. The molecule has 8 heteroatoms. The van der Waals surface area contributed by atoms with Gasteiger partial charge in [-0.1, -0.05) is 0 Å². The van der Waals surface area contributed by atoms with Crippen molar-refractivity contribution in [1.82, 2.24) is 0 Å². The van der Waals surface area contributed by atoms with Crippen molar-refractivity contribution in [2.45, 2.75) is 37.3 Å². The van der Waals surface area contributed by atoms with Gasteiger partial charge in [-0.15, -0.1) is 0 Å². The van der Waals surface area contributed by atoms with Gasteiger partial charge in [-0.25, -0.2) is 4.79 Å². The van der Waals surface area contributed by atoms with Crippen LogP contribution in [0.25, 0.3) is 0 Å². The van der Waals surface area contributed by atoms with Crippen LogP contribution in [0.15, 0.2) is 0 Å². The fraction of sp³-hybridized carbons (Fsp3) is 0.750. The minimum atomic E-state index is -2.68. The lowest BCUT2D eigenvalue weighted by Gasteiger charge is -2.30. The topological polar surface area (TPSA) is 156 Å². The lowest BCUT2D eigenvalue weighted by molar-refractivity contribution is -0.185. The summed E-state index contributed by atoms with van der Waals surface area (Å²) in [5.74, 6) is -3.24. The second kappa shape index (κ2) is 5.21. The van der Waals surface area contributed by atoms with E-state index in [0.717, 1.165) is 6.92 Å². The van der Waals surface area contributed by atoms with E-state index < -0.39 is 42.3 Å². The molecule has 4 atom stereocenters. The summed E-state index contributed by atoms with van der Waals surface area (Å²) < 4.78 is 0. The van der Waals surface area contributed by atoms with Crippen LogP contribution in [0.4, 0.5) is 0 Å². The molecular formula is C8H14O8. The van der Waals surface area contributed by atoms with Gasteiger partial charge in [0.25, 0.3) is 0 Å². The Balaban J connectivity index is 4.66. The van der Waals surface area contributed by atoms with Gasteiger partial charge in [0.1, 0.15) is 12.2 Å². The largest absolute Gasteiger partial charge is 0.481 e. The normalized spacial score (nSPS) is 20.6. The third-order valence-electron chi connectivity index (χ3n) is 2.11. The van der Waals surface area contributed by atoms with Crippen molar-refractivity contribution in [2.75, 3.05) is 0 Å². The van der Waals surface area contributed by atoms with Gasteiger partial charge in [0.15, 0.2) is 5.60 Å². The highest BCUT2D eigenvalue weighted by Gasteiger charge is 2.44. The van der Waals surface area contributed by atoms with Crippen molar-refractivity contribution >= 4 is 11.9 Å². The van der Waals surface area contributed by atoms with E-state index in [0.29, 0.717) is 0 Å². The molecule has 94 valence electrons. The zero-order valence-electron chi connectivity index (χ0n) is 8.44. The number of aliphatic hydroxyl groups is 4. The third kappa shape index (κ3) is 3.42. The molecule has 0 rings (SSSR count). The minimum absolute atomic E-state index is 0.719. The van der Waals surface area contributed by atoms with E-state index in [2.05, 4.69) is 0 Å². The summed E-state index contributed by atoms with van der Waals surface area (Å²) in [5, 5.41) is 53.7. The van der Waals surface area contributed by atoms with Crippen LogP contribution < -0.4 is 0 Å². The van der Waals surface area contributed by atoms with Crippen molar-refractivity contribution in [3.05, 3.63) is 0 Å². The molecule has 0 bridgehead atoms. The second-order valence-corrected chi connectivity index (χ2v) is 3.55. The van der Waals surface area contributed by atoms with Crippen LogP contribution in [0.3, 0.4) is 0 Å². The monoisotopic (exact) mass is 238 g/mol. The summed E-state index contributed by atoms with van der Waals surface area (Å²) >= 11 is 0. The fourth-order valence-electron chi connectivity index (χ4n) is 0.969. The van der Waals surface area contributed by atoms with Crippen LogP contribution in [0, 0.1) is 0 Å². The van der Waals surface area contributed by atoms with Crippen LogP contribution in [-0.2, 0) is 9.59 Å². The van der Waals surface area contributed by atoms with Crippen molar-refractivity contribution in [1.29, 1.82) is 0 Å². The predicted octanol–water partition coefficient (Wildman–Crippen LogP) is -2.62. The molecule has 0 radical (unpaired) electrons. The lowest BCUT2D eigenvalue weighted by Crippen LogP contribution is -2.55. The molecule has 0 amide bonds. The first kappa shape index (κ1) is 14.8. The summed E-state index contributed by atoms with van der Waals surface area (Å²) in [5.41, 5.74) is -2.68. The van der Waals surface area contributed by atoms with Crippen LogP contribution in [0.2, 0.25) is 0 Å². The van der Waals surface area contributed by atoms with E-state index in [9.17, 15) is 24.9 Å². The standard InChI is InChI=1S/C8H14O8/c1-8(16,7(14)15)6(13)5(12)3(9)2-4(10)11/h3,5-6,9,12-13,16H,2H2,1H3,(H,10,11)(H,14,15). The molecule has 0 aliphatic rings. The van der Waals surface area contributed by atoms with E-state index in [4.69, 9.17) is 15.3 Å². The molecule has 0 aliphatic heterocycles. The molecular weight excluding hydrogens is 224 g/mol. The maximum atomic E-state index is 10.5. The molecule has 0 saturated heterocycles. The molecule has 0 heterocycles. The van der Waals surface area contributed by atoms with Gasteiger partial charge in [0.05, 0.1) is 12.5 Å². The Hall–Kier alpha value is -1.22. The molecule has 16 heavy (non-hydrogen) atoms. The SMILES string of the molecule is CC(O)(C(=O)O)C(O)C(O)C(O)CC(=O)O. The van der Waals surface area contributed by atoms with Gasteiger partial charge in [-0.2, -0.15) is 0 Å². The number of carboxylic acid groups (broad SMARTS) is 2. The summed E-state index contributed by atoms with van der Waals surface area (Å²) in [7, 11) is 0. The van der Waals surface area contributed by atoms with Crippen LogP contribution in [0.5, 0.6) is 0 Å². The number of aliphatic hydroxyl groups excluding tert-OH is 3. The van der Waals surface area contributed by atoms with Gasteiger partial charge in [0.2, 0.25) is 0 Å². The first-order valence-electron chi connectivity index (χ1n) is 4.32. The second-order valence-electron chi connectivity index (χ2n) is 3.55. The molecule has 8 nitrogen and oxygen atoms in total. The molecule has 0 aromatic carbocycles. The van der Waals surface area contributed by atoms with Crippen molar-refractivity contribution in [2.24, 2.45) is 0 Å². The molecule has 0 spiro atoms. The highest BCUT2D eigenvalue weighted by Crippen LogP contribution is 2.17. The molecule has 0 aliphatic carbocycles. The smallest absolute Gasteiger partial charge is 0.338 e. The zero-order valence-corrected chi connectivity index (χ0v) is 8.44. The third-order valence-corrected chi connectivity index (χ3v) is 2.11. The first-order chi connectivity index (χ1) is 7.10. The maximum Gasteiger partial charge on any atom is 0.338 e. The summed E-state index contributed by atoms with van der Waals surface area (Å²) in [4.78, 5) is 20.7. The predicted molar refractivity (Wildman–Crippen MR) is 48.5 cm³/mol. The number of hydrogen-bond donors (Lipinski definition) is 6. The Kier molecular flexibility index (Phi) is 4.81. The molecule has 4 unspecified atom stereocenters. The summed E-state index contributed by atoms with van der Waals surface area (Å²) in [6.45, 7) is 0.719. The summed E-state index contributed by atoms with van der Waals surface area (Å²) in [6.07, 6.45) is -7.05. The molecule has 0 aromatic rings. The van der Waals surface area contributed by atoms with Gasteiger partial charge < -0.3 is 30.6 Å². The van der Waals surface area contributed by atoms with Gasteiger partial charge in [-0.3, -0.25) is 4.79 Å². The van der Waals surface area contributed by atoms with Crippen molar-refractivity contribution < 1.29 is 40.2 Å². The van der Waals surface area contributed by atoms with E-state index in [1.807, 2.05) is 0 Å². The van der Waals surface area contributed by atoms with Gasteiger partial charge in [-0.05, 0) is 6.92 Å². The average Bonchev–Trinajstić information content (AvgIpc) is 2.13. The average molecular weight is 238 g/mol. The fourth-order valence-corrected chi connectivity index (χ4v) is 0.969. The van der Waals surface area contributed by atoms with E-state index in [1.54, 1.807) is 0 Å². The Morgan fingerprint density at radius 1 is 1.19 bits per heavy atom. The Bertz CT molecular complexity index is 273. The number of hydrogen-bond acceptors (Lipinski definition) is 6. The van der Waals surface area contributed by atoms with Crippen molar-refractivity contribution in [3.8, 4) is 0 Å². The van der Waals surface area contributed by atoms with Crippen molar-refractivity contribution in [3.63, 3.8) is 0 Å². The number of carbonyl (C=O) groups is 2. The highest BCUT2D eigenvalue weighted by molar-refractivity contribution is 5.77.